The van der Waals surface area contributed by atoms with Crippen LogP contribution in [0, 0.1) is 13.8 Å². The van der Waals surface area contributed by atoms with Crippen molar-refractivity contribution in [1.82, 2.24) is 0 Å². The van der Waals surface area contributed by atoms with E-state index >= 15 is 0 Å². The fourth-order valence-electron chi connectivity index (χ4n) is 2.14. The van der Waals surface area contributed by atoms with Gasteiger partial charge in [0.1, 0.15) is 15.8 Å². The van der Waals surface area contributed by atoms with Crippen molar-refractivity contribution in [2.24, 2.45) is 0 Å². The first-order chi connectivity index (χ1) is 10.00. The molecule has 2 aromatic rings. The molecule has 8 heteroatoms. The van der Waals surface area contributed by atoms with Crippen molar-refractivity contribution < 1.29 is 26.6 Å². The lowest BCUT2D eigenvalue weighted by molar-refractivity contribution is 0.376. The second-order valence-electron chi connectivity index (χ2n) is 4.99. The average molecular weight is 344 g/mol. The van der Waals surface area contributed by atoms with E-state index in [9.17, 15) is 26.6 Å². The summed E-state index contributed by atoms with van der Waals surface area (Å²) in [7, 11) is -8.57. The molecule has 0 aliphatic rings. The Balaban J connectivity index is 2.84. The Hall–Kier alpha value is -1.42. The zero-order valence-corrected chi connectivity index (χ0v) is 13.5. The Bertz CT molecular complexity index is 822. The fourth-order valence-corrected chi connectivity index (χ4v) is 3.75. The predicted octanol–water partition coefficient (Wildman–Crippen LogP) is 3.80. The zero-order chi connectivity index (χ0) is 16.7. The minimum atomic E-state index is -4.51. The summed E-state index contributed by atoms with van der Waals surface area (Å²) in [5, 5.41) is 0. The van der Waals surface area contributed by atoms with E-state index in [2.05, 4.69) is 0 Å². The largest absolute Gasteiger partial charge is 0.304 e. The minimum Gasteiger partial charge on any atom is -0.304 e. The lowest BCUT2D eigenvalue weighted by atomic mass is 10.0. The maximum absolute atomic E-state index is 11.6. The fraction of sp³-hybridized carbons (Fsp3) is 0.143. The maximum Gasteiger partial charge on any atom is 0.295 e. The van der Waals surface area contributed by atoms with Gasteiger partial charge in [0.2, 0.25) is 0 Å². The quantitative estimate of drug-likeness (QED) is 0.630. The molecule has 6 nitrogen and oxygen atoms in total. The third kappa shape index (κ3) is 3.49. The molecule has 0 spiro atoms. The second kappa shape index (κ2) is 5.65. The molecular formula is C14H16O6S2. The van der Waals surface area contributed by atoms with Gasteiger partial charge in [-0.3, -0.25) is 4.55 Å². The Morgan fingerprint density at radius 3 is 1.55 bits per heavy atom. The summed E-state index contributed by atoms with van der Waals surface area (Å²) in [6.45, 7) is 3.35. The van der Waals surface area contributed by atoms with E-state index in [1.807, 2.05) is 0 Å². The maximum atomic E-state index is 11.6. The van der Waals surface area contributed by atoms with Crippen LogP contribution in [0.3, 0.4) is 0 Å². The molecule has 4 N–H and O–H groups in total. The van der Waals surface area contributed by atoms with Crippen LogP contribution < -0.4 is 0 Å². The molecule has 0 bridgehead atoms. The smallest absolute Gasteiger partial charge is 0.295 e. The normalized spacial score (nSPS) is 13.2. The van der Waals surface area contributed by atoms with Crippen molar-refractivity contribution in [1.29, 1.82) is 0 Å². The highest BCUT2D eigenvalue weighted by atomic mass is 32.3. The van der Waals surface area contributed by atoms with Gasteiger partial charge in [0.25, 0.3) is 10.1 Å². The van der Waals surface area contributed by atoms with Crippen molar-refractivity contribution in [3.8, 4) is 11.1 Å². The highest BCUT2D eigenvalue weighted by Gasteiger charge is 2.25. The zero-order valence-electron chi connectivity index (χ0n) is 11.9. The molecule has 2 rings (SSSR count). The van der Waals surface area contributed by atoms with E-state index in [4.69, 9.17) is 0 Å². The molecule has 0 fully saturated rings. The molecule has 0 aliphatic carbocycles. The number of aryl methyl sites for hydroxylation is 2. The molecule has 0 atom stereocenters. The Kier molecular flexibility index (Phi) is 4.35. The molecule has 0 radical (unpaired) electrons. The Labute approximate surface area is 130 Å². The van der Waals surface area contributed by atoms with Gasteiger partial charge in [-0.05, 0) is 37.1 Å². The van der Waals surface area contributed by atoms with Gasteiger partial charge in [-0.15, -0.1) is 0 Å². The lowest BCUT2D eigenvalue weighted by Crippen LogP contribution is -2.04. The van der Waals surface area contributed by atoms with Gasteiger partial charge in [0, 0.05) is 11.1 Å². The number of hydrogen-bond acceptors (Lipinski definition) is 5. The van der Waals surface area contributed by atoms with Crippen molar-refractivity contribution in [2.45, 2.75) is 23.6 Å². The van der Waals surface area contributed by atoms with Gasteiger partial charge >= 0.3 is 0 Å². The summed E-state index contributed by atoms with van der Waals surface area (Å²) in [5.41, 5.74) is 1.48. The molecule has 0 heterocycles. The van der Waals surface area contributed by atoms with Gasteiger partial charge in [0.15, 0.2) is 0 Å². The summed E-state index contributed by atoms with van der Waals surface area (Å²) >= 11 is 0. The Morgan fingerprint density at radius 2 is 1.14 bits per heavy atom. The Morgan fingerprint density at radius 1 is 0.727 bits per heavy atom. The summed E-state index contributed by atoms with van der Waals surface area (Å²) in [5.74, 6) is 0. The molecule has 0 aliphatic heterocycles. The predicted molar refractivity (Wildman–Crippen MR) is 84.9 cm³/mol. The molecular weight excluding hydrogens is 328 g/mol. The third-order valence-electron chi connectivity index (χ3n) is 3.14. The van der Waals surface area contributed by atoms with Crippen LogP contribution in [0.4, 0.5) is 0 Å². The standard InChI is InChI=1S/C14H16O6S2/c1-9-3-5-11(13(7-9)21(15,16)17)12-6-4-10(2)8-14(12)22(18,19)20/h3-8,15-17H,1-2H3,(H,18,19,20). The highest BCUT2D eigenvalue weighted by molar-refractivity contribution is 8.19. The van der Waals surface area contributed by atoms with Crippen LogP contribution in [-0.4, -0.2) is 26.6 Å². The van der Waals surface area contributed by atoms with Gasteiger partial charge in [-0.2, -0.15) is 8.42 Å². The van der Waals surface area contributed by atoms with Crippen LogP contribution in [0.15, 0.2) is 46.2 Å². The molecule has 2 aromatic carbocycles. The van der Waals surface area contributed by atoms with Crippen LogP contribution in [0.5, 0.6) is 0 Å². The van der Waals surface area contributed by atoms with E-state index in [1.54, 1.807) is 26.0 Å². The van der Waals surface area contributed by atoms with Gasteiger partial charge < -0.3 is 13.7 Å². The second-order valence-corrected chi connectivity index (χ2v) is 7.86. The van der Waals surface area contributed by atoms with E-state index in [-0.39, 0.29) is 20.9 Å². The van der Waals surface area contributed by atoms with Crippen LogP contribution in [-0.2, 0) is 10.1 Å². The van der Waals surface area contributed by atoms with Crippen molar-refractivity contribution in [2.75, 3.05) is 0 Å². The summed E-state index contributed by atoms with van der Waals surface area (Å²) in [4.78, 5) is -0.553. The van der Waals surface area contributed by atoms with E-state index in [0.29, 0.717) is 11.1 Å². The van der Waals surface area contributed by atoms with Crippen LogP contribution in [0.2, 0.25) is 0 Å². The summed E-state index contributed by atoms with van der Waals surface area (Å²) < 4.78 is 61.3. The van der Waals surface area contributed by atoms with Crippen LogP contribution in [0.1, 0.15) is 11.1 Å². The monoisotopic (exact) mass is 344 g/mol. The topological polar surface area (TPSA) is 115 Å². The van der Waals surface area contributed by atoms with E-state index < -0.39 is 21.0 Å². The van der Waals surface area contributed by atoms with Gasteiger partial charge in [0.05, 0.1) is 4.90 Å². The van der Waals surface area contributed by atoms with E-state index in [0.717, 1.165) is 0 Å². The molecule has 0 unspecified atom stereocenters. The summed E-state index contributed by atoms with van der Waals surface area (Å²) in [6, 6.07) is 8.80. The summed E-state index contributed by atoms with van der Waals surface area (Å²) in [6.07, 6.45) is 0. The van der Waals surface area contributed by atoms with E-state index in [1.165, 1.54) is 24.3 Å². The third-order valence-corrected chi connectivity index (χ3v) is 4.96. The minimum absolute atomic E-state index is 0.0807. The van der Waals surface area contributed by atoms with Crippen molar-refractivity contribution >= 4 is 21.0 Å². The molecule has 0 saturated carbocycles. The molecule has 0 amide bonds. The SMILES string of the molecule is Cc1ccc(-c2ccc(C)cc2S(=O)(=O)O)c(S(O)(O)O)c1. The number of benzene rings is 2. The number of hydrogen-bond donors (Lipinski definition) is 4. The van der Waals surface area contributed by atoms with Crippen molar-refractivity contribution in [3.63, 3.8) is 0 Å². The first-order valence-corrected chi connectivity index (χ1v) is 9.14. The molecule has 120 valence electrons. The van der Waals surface area contributed by atoms with Crippen LogP contribution in [0.25, 0.3) is 11.1 Å². The van der Waals surface area contributed by atoms with Crippen molar-refractivity contribution in [3.05, 3.63) is 47.5 Å². The average Bonchev–Trinajstić information content (AvgIpc) is 2.37. The lowest BCUT2D eigenvalue weighted by Gasteiger charge is -2.23. The molecule has 22 heavy (non-hydrogen) atoms. The van der Waals surface area contributed by atoms with Gasteiger partial charge in [-0.25, -0.2) is 0 Å². The van der Waals surface area contributed by atoms with Crippen LogP contribution >= 0.6 is 10.9 Å². The molecule has 0 saturated heterocycles. The molecule has 0 aromatic heterocycles. The highest BCUT2D eigenvalue weighted by Crippen LogP contribution is 2.49. The van der Waals surface area contributed by atoms with Gasteiger partial charge in [-0.1, -0.05) is 24.3 Å². The first kappa shape index (κ1) is 16.9. The first-order valence-electron chi connectivity index (χ1n) is 6.20. The number of rotatable bonds is 3.